The Morgan fingerprint density at radius 1 is 1.04 bits per heavy atom. The highest BCUT2D eigenvalue weighted by Crippen LogP contribution is 2.22. The first-order chi connectivity index (χ1) is 12.5. The van der Waals surface area contributed by atoms with Gasteiger partial charge in [0.1, 0.15) is 0 Å². The zero-order valence-electron chi connectivity index (χ0n) is 15.4. The third-order valence-electron chi connectivity index (χ3n) is 3.84. The average Bonchev–Trinajstić information content (AvgIpc) is 2.65. The Morgan fingerprint density at radius 2 is 1.73 bits per heavy atom. The van der Waals surface area contributed by atoms with Crippen LogP contribution >= 0.6 is 11.9 Å². The van der Waals surface area contributed by atoms with Crippen molar-refractivity contribution in [2.75, 3.05) is 18.4 Å². The molecule has 0 spiro atoms. The normalized spacial score (nSPS) is 10.6. The minimum Gasteiger partial charge on any atom is -0.334 e. The molecular weight excluding hydrogens is 346 g/mol. The first kappa shape index (κ1) is 20.0. The van der Waals surface area contributed by atoms with Crippen LogP contribution in [0.15, 0.2) is 53.4 Å². The number of hydrogen-bond acceptors (Lipinski definition) is 4. The van der Waals surface area contributed by atoms with Gasteiger partial charge in [0.15, 0.2) is 5.78 Å². The molecule has 0 aliphatic heterocycles. The molecule has 0 unspecified atom stereocenters. The fraction of sp³-hybridized carbons (Fsp3) is 0.300. The molecule has 0 radical (unpaired) electrons. The van der Waals surface area contributed by atoms with E-state index in [0.717, 1.165) is 18.7 Å². The summed E-state index contributed by atoms with van der Waals surface area (Å²) in [5, 5.41) is 5.57. The second-order valence-electron chi connectivity index (χ2n) is 5.79. The van der Waals surface area contributed by atoms with Crippen LogP contribution in [0.25, 0.3) is 0 Å². The number of rotatable bonds is 8. The van der Waals surface area contributed by atoms with Gasteiger partial charge < -0.3 is 10.6 Å². The Labute approximate surface area is 159 Å². The van der Waals surface area contributed by atoms with Gasteiger partial charge in [0.2, 0.25) is 0 Å². The van der Waals surface area contributed by atoms with E-state index in [2.05, 4.69) is 40.9 Å². The van der Waals surface area contributed by atoms with Gasteiger partial charge in [-0.1, -0.05) is 38.1 Å². The van der Waals surface area contributed by atoms with E-state index in [9.17, 15) is 9.59 Å². The highest BCUT2D eigenvalue weighted by molar-refractivity contribution is 7.97. The van der Waals surface area contributed by atoms with Crippen molar-refractivity contribution < 1.29 is 9.59 Å². The van der Waals surface area contributed by atoms with Gasteiger partial charge in [-0.25, -0.2) is 9.10 Å². The van der Waals surface area contributed by atoms with Crippen LogP contribution in [-0.2, 0) is 6.54 Å². The molecule has 0 aromatic heterocycles. The lowest BCUT2D eigenvalue weighted by molar-refractivity contribution is 0.101. The highest BCUT2D eigenvalue weighted by Gasteiger charge is 2.06. The van der Waals surface area contributed by atoms with Crippen LogP contribution in [-0.4, -0.2) is 29.2 Å². The Morgan fingerprint density at radius 3 is 2.35 bits per heavy atom. The molecule has 0 atom stereocenters. The third-order valence-corrected chi connectivity index (χ3v) is 5.10. The number of nitrogens with zero attached hydrogens (tertiary/aromatic N) is 1. The Balaban J connectivity index is 1.85. The van der Waals surface area contributed by atoms with E-state index in [1.807, 2.05) is 12.1 Å². The lowest BCUT2D eigenvalue weighted by atomic mass is 10.1. The van der Waals surface area contributed by atoms with Crippen LogP contribution < -0.4 is 10.6 Å². The van der Waals surface area contributed by atoms with Gasteiger partial charge in [0.25, 0.3) is 0 Å². The molecule has 26 heavy (non-hydrogen) atoms. The van der Waals surface area contributed by atoms with Crippen molar-refractivity contribution in [1.82, 2.24) is 9.62 Å². The summed E-state index contributed by atoms with van der Waals surface area (Å²) in [6.07, 6.45) is 0. The Bertz CT molecular complexity index is 743. The van der Waals surface area contributed by atoms with Crippen LogP contribution in [0.2, 0.25) is 0 Å². The molecule has 0 saturated carbocycles. The van der Waals surface area contributed by atoms with Crippen molar-refractivity contribution in [2.24, 2.45) is 0 Å². The average molecular weight is 372 g/mol. The van der Waals surface area contributed by atoms with Gasteiger partial charge in [-0.3, -0.25) is 4.79 Å². The molecule has 2 amide bonds. The van der Waals surface area contributed by atoms with E-state index in [0.29, 0.717) is 17.8 Å². The molecule has 6 heteroatoms. The number of benzene rings is 2. The van der Waals surface area contributed by atoms with E-state index >= 15 is 0 Å². The number of ketones is 1. The van der Waals surface area contributed by atoms with Crippen molar-refractivity contribution in [3.8, 4) is 0 Å². The van der Waals surface area contributed by atoms with Gasteiger partial charge in [-0.15, -0.1) is 0 Å². The number of anilines is 1. The monoisotopic (exact) mass is 371 g/mol. The topological polar surface area (TPSA) is 61.4 Å². The van der Waals surface area contributed by atoms with Gasteiger partial charge in [0.05, 0.1) is 0 Å². The molecule has 138 valence electrons. The third kappa shape index (κ3) is 6.20. The molecule has 0 bridgehead atoms. The van der Waals surface area contributed by atoms with E-state index in [1.54, 1.807) is 36.2 Å². The van der Waals surface area contributed by atoms with Gasteiger partial charge in [0, 0.05) is 35.8 Å². The number of hydrogen-bond donors (Lipinski definition) is 2. The summed E-state index contributed by atoms with van der Waals surface area (Å²) in [5.74, 6) is -0.0308. The molecule has 0 aliphatic rings. The first-order valence-corrected chi connectivity index (χ1v) is 9.46. The first-order valence-electron chi connectivity index (χ1n) is 8.69. The molecule has 2 aromatic carbocycles. The maximum Gasteiger partial charge on any atom is 0.319 e. The minimum absolute atomic E-state index is 0.0308. The van der Waals surface area contributed by atoms with Crippen LogP contribution in [0.3, 0.4) is 0 Å². The number of urea groups is 1. The van der Waals surface area contributed by atoms with Crippen LogP contribution in [0.4, 0.5) is 10.5 Å². The Hall–Kier alpha value is -2.31. The smallest absolute Gasteiger partial charge is 0.319 e. The number of Topliss-reactive ketones (excluding diaryl/α,β-unsaturated/α-hetero) is 1. The second kappa shape index (κ2) is 9.99. The van der Waals surface area contributed by atoms with Gasteiger partial charge in [-0.05, 0) is 48.7 Å². The second-order valence-corrected chi connectivity index (χ2v) is 6.96. The summed E-state index contributed by atoms with van der Waals surface area (Å²) < 4.78 is 2.27. The summed E-state index contributed by atoms with van der Waals surface area (Å²) in [6.45, 7) is 8.21. The van der Waals surface area contributed by atoms with Gasteiger partial charge >= 0.3 is 6.03 Å². The summed E-state index contributed by atoms with van der Waals surface area (Å²) in [6, 6.07) is 14.8. The lowest BCUT2D eigenvalue weighted by Gasteiger charge is -2.16. The van der Waals surface area contributed by atoms with E-state index < -0.39 is 0 Å². The number of carbonyl (C=O) groups is 2. The quantitative estimate of drug-likeness (QED) is 0.527. The highest BCUT2D eigenvalue weighted by atomic mass is 32.2. The molecular formula is C20H25N3O2S. The van der Waals surface area contributed by atoms with Crippen LogP contribution in [0, 0.1) is 0 Å². The lowest BCUT2D eigenvalue weighted by Crippen LogP contribution is -2.28. The molecule has 0 aliphatic carbocycles. The van der Waals surface area contributed by atoms with Crippen molar-refractivity contribution in [2.45, 2.75) is 32.2 Å². The number of carbonyl (C=O) groups excluding carboxylic acids is 2. The van der Waals surface area contributed by atoms with Crippen LogP contribution in [0.5, 0.6) is 0 Å². The standard InChI is InChI=1S/C20H25N3O2S/c1-4-23(5-2)26-19-11-9-16(10-12-19)14-21-20(25)22-18-8-6-7-17(13-18)15(3)24/h6-13H,4-5,14H2,1-3H3,(H2,21,22,25). The van der Waals surface area contributed by atoms with Crippen molar-refractivity contribution in [1.29, 1.82) is 0 Å². The van der Waals surface area contributed by atoms with Crippen molar-refractivity contribution in [3.05, 3.63) is 59.7 Å². The molecule has 0 saturated heterocycles. The number of nitrogens with one attached hydrogen (secondary N) is 2. The zero-order valence-corrected chi connectivity index (χ0v) is 16.2. The van der Waals surface area contributed by atoms with E-state index in [1.165, 1.54) is 11.8 Å². The van der Waals surface area contributed by atoms with Gasteiger partial charge in [-0.2, -0.15) is 0 Å². The molecule has 0 heterocycles. The van der Waals surface area contributed by atoms with Crippen molar-refractivity contribution in [3.63, 3.8) is 0 Å². The summed E-state index contributed by atoms with van der Waals surface area (Å²) >= 11 is 1.73. The van der Waals surface area contributed by atoms with E-state index in [-0.39, 0.29) is 11.8 Å². The molecule has 5 nitrogen and oxygen atoms in total. The molecule has 0 fully saturated rings. The number of amides is 2. The predicted molar refractivity (Wildman–Crippen MR) is 108 cm³/mol. The molecule has 2 aromatic rings. The molecule has 2 N–H and O–H groups in total. The van der Waals surface area contributed by atoms with Crippen molar-refractivity contribution >= 4 is 29.4 Å². The predicted octanol–water partition coefficient (Wildman–Crippen LogP) is 4.56. The maximum atomic E-state index is 12.0. The summed E-state index contributed by atoms with van der Waals surface area (Å²) in [4.78, 5) is 24.6. The van der Waals surface area contributed by atoms with Crippen LogP contribution in [0.1, 0.15) is 36.7 Å². The summed E-state index contributed by atoms with van der Waals surface area (Å²) in [7, 11) is 0. The SMILES string of the molecule is CCN(CC)Sc1ccc(CNC(=O)Nc2cccc(C(C)=O)c2)cc1. The fourth-order valence-corrected chi connectivity index (χ4v) is 3.16. The zero-order chi connectivity index (χ0) is 18.9. The minimum atomic E-state index is -0.299. The Kier molecular flexibility index (Phi) is 7.69. The largest absolute Gasteiger partial charge is 0.334 e. The maximum absolute atomic E-state index is 12.0. The van der Waals surface area contributed by atoms with E-state index in [4.69, 9.17) is 0 Å². The molecule has 2 rings (SSSR count). The fourth-order valence-electron chi connectivity index (χ4n) is 2.34. The summed E-state index contributed by atoms with van der Waals surface area (Å²) in [5.41, 5.74) is 2.20.